The highest BCUT2D eigenvalue weighted by molar-refractivity contribution is 6.20. The van der Waals surface area contributed by atoms with Crippen LogP contribution in [0.1, 0.15) is 29.3 Å². The van der Waals surface area contributed by atoms with E-state index in [-0.39, 0.29) is 5.38 Å². The normalized spacial score (nSPS) is 12.8. The summed E-state index contributed by atoms with van der Waals surface area (Å²) >= 11 is 5.88. The first-order valence-electron chi connectivity index (χ1n) is 5.13. The molecule has 1 atom stereocenters. The Kier molecular flexibility index (Phi) is 2.97. The third-order valence-corrected chi connectivity index (χ3v) is 2.75. The predicted molar refractivity (Wildman–Crippen MR) is 63.5 cm³/mol. The first-order chi connectivity index (χ1) is 7.58. The number of rotatable bonds is 2. The van der Waals surface area contributed by atoms with Crippen LogP contribution < -0.4 is 0 Å². The molecule has 0 spiro atoms. The predicted octanol–water partition coefficient (Wildman–Crippen LogP) is 3.65. The molecule has 0 aliphatic heterocycles. The second-order valence-electron chi connectivity index (χ2n) is 3.87. The number of nitrogens with zero attached hydrogens (tertiary/aromatic N) is 2. The molecule has 0 fully saturated rings. The average Bonchev–Trinajstić information content (AvgIpc) is 2.71. The second-order valence-corrected chi connectivity index (χ2v) is 4.53. The number of hydrogen-bond donors (Lipinski definition) is 0. The minimum absolute atomic E-state index is 0.232. The minimum atomic E-state index is -0.232. The molecule has 1 heterocycles. The lowest BCUT2D eigenvalue weighted by molar-refractivity contribution is 0.422. The van der Waals surface area contributed by atoms with Crippen LogP contribution in [-0.2, 0) is 0 Å². The van der Waals surface area contributed by atoms with Crippen molar-refractivity contribution in [3.8, 4) is 11.5 Å². The summed E-state index contributed by atoms with van der Waals surface area (Å²) in [5.41, 5.74) is 3.38. The highest BCUT2D eigenvalue weighted by Gasteiger charge is 2.12. The Balaban J connectivity index is 2.39. The standard InChI is InChI=1S/C12H13ClN2O/c1-7-4-5-10(6-8(7)2)12-14-11(9(3)13)15-16-12/h4-6,9H,1-3H3. The molecular weight excluding hydrogens is 224 g/mol. The summed E-state index contributed by atoms with van der Waals surface area (Å²) in [6.07, 6.45) is 0. The van der Waals surface area contributed by atoms with Gasteiger partial charge in [-0.25, -0.2) is 0 Å². The van der Waals surface area contributed by atoms with Crippen LogP contribution in [0.5, 0.6) is 0 Å². The monoisotopic (exact) mass is 236 g/mol. The van der Waals surface area contributed by atoms with E-state index in [9.17, 15) is 0 Å². The Hall–Kier alpha value is -1.35. The van der Waals surface area contributed by atoms with Gasteiger partial charge in [0.05, 0.1) is 5.38 Å². The van der Waals surface area contributed by atoms with Crippen molar-refractivity contribution >= 4 is 11.6 Å². The van der Waals surface area contributed by atoms with E-state index in [4.69, 9.17) is 16.1 Å². The summed E-state index contributed by atoms with van der Waals surface area (Å²) in [5.74, 6) is 1.04. The molecule has 0 N–H and O–H groups in total. The van der Waals surface area contributed by atoms with Crippen molar-refractivity contribution in [1.82, 2.24) is 10.1 Å². The third-order valence-electron chi connectivity index (χ3n) is 2.55. The largest absolute Gasteiger partial charge is 0.334 e. The minimum Gasteiger partial charge on any atom is -0.334 e. The zero-order chi connectivity index (χ0) is 11.7. The van der Waals surface area contributed by atoms with Gasteiger partial charge >= 0.3 is 0 Å². The quantitative estimate of drug-likeness (QED) is 0.747. The molecule has 1 aromatic heterocycles. The van der Waals surface area contributed by atoms with E-state index >= 15 is 0 Å². The highest BCUT2D eigenvalue weighted by atomic mass is 35.5. The molecule has 3 nitrogen and oxygen atoms in total. The third kappa shape index (κ3) is 2.09. The van der Waals surface area contributed by atoms with Gasteiger partial charge in [0, 0.05) is 5.56 Å². The zero-order valence-corrected chi connectivity index (χ0v) is 10.2. The van der Waals surface area contributed by atoms with Gasteiger partial charge in [-0.3, -0.25) is 0 Å². The number of aromatic nitrogens is 2. The fraction of sp³-hybridized carbons (Fsp3) is 0.333. The molecule has 1 unspecified atom stereocenters. The maximum Gasteiger partial charge on any atom is 0.257 e. The van der Waals surface area contributed by atoms with Gasteiger partial charge in [-0.1, -0.05) is 11.2 Å². The summed E-state index contributed by atoms with van der Waals surface area (Å²) in [4.78, 5) is 4.24. The molecule has 2 rings (SSSR count). The van der Waals surface area contributed by atoms with Crippen LogP contribution in [0.2, 0.25) is 0 Å². The van der Waals surface area contributed by atoms with Crippen LogP contribution in [0.25, 0.3) is 11.5 Å². The van der Waals surface area contributed by atoms with Crippen molar-refractivity contribution in [2.24, 2.45) is 0 Å². The van der Waals surface area contributed by atoms with Gasteiger partial charge in [0.2, 0.25) is 0 Å². The van der Waals surface area contributed by atoms with E-state index in [1.807, 2.05) is 25.1 Å². The second kappa shape index (κ2) is 4.26. The molecule has 84 valence electrons. The lowest BCUT2D eigenvalue weighted by Gasteiger charge is -2.00. The maximum absolute atomic E-state index is 5.88. The van der Waals surface area contributed by atoms with Crippen molar-refractivity contribution in [2.75, 3.05) is 0 Å². The number of halogens is 1. The summed E-state index contributed by atoms with van der Waals surface area (Å²) < 4.78 is 5.16. The van der Waals surface area contributed by atoms with Gasteiger partial charge in [0.1, 0.15) is 0 Å². The number of benzene rings is 1. The first kappa shape index (κ1) is 11.1. The van der Waals surface area contributed by atoms with Crippen LogP contribution >= 0.6 is 11.6 Å². The lowest BCUT2D eigenvalue weighted by Crippen LogP contribution is -1.87. The summed E-state index contributed by atoms with van der Waals surface area (Å²) in [7, 11) is 0. The van der Waals surface area contributed by atoms with Gasteiger partial charge in [0.25, 0.3) is 5.89 Å². The number of aryl methyl sites for hydroxylation is 2. The van der Waals surface area contributed by atoms with Crippen molar-refractivity contribution in [2.45, 2.75) is 26.1 Å². The van der Waals surface area contributed by atoms with Crippen molar-refractivity contribution in [3.05, 3.63) is 35.2 Å². The van der Waals surface area contributed by atoms with Crippen LogP contribution in [0.4, 0.5) is 0 Å². The summed E-state index contributed by atoms with van der Waals surface area (Å²) in [6.45, 7) is 5.94. The van der Waals surface area contributed by atoms with Crippen molar-refractivity contribution < 1.29 is 4.52 Å². The fourth-order valence-corrected chi connectivity index (χ4v) is 1.48. The molecular formula is C12H13ClN2O. The van der Waals surface area contributed by atoms with Crippen LogP contribution in [-0.4, -0.2) is 10.1 Å². The van der Waals surface area contributed by atoms with Gasteiger partial charge in [-0.2, -0.15) is 4.98 Å². The molecule has 0 aliphatic rings. The topological polar surface area (TPSA) is 38.9 Å². The van der Waals surface area contributed by atoms with Crippen LogP contribution in [0.15, 0.2) is 22.7 Å². The van der Waals surface area contributed by atoms with E-state index < -0.39 is 0 Å². The Morgan fingerprint density at radius 3 is 2.56 bits per heavy atom. The Morgan fingerprint density at radius 2 is 2.00 bits per heavy atom. The Bertz CT molecular complexity index is 505. The van der Waals surface area contributed by atoms with Crippen molar-refractivity contribution in [1.29, 1.82) is 0 Å². The van der Waals surface area contributed by atoms with E-state index in [0.717, 1.165) is 5.56 Å². The van der Waals surface area contributed by atoms with E-state index in [1.54, 1.807) is 0 Å². The fourth-order valence-electron chi connectivity index (χ4n) is 1.39. The molecule has 0 aliphatic carbocycles. The zero-order valence-electron chi connectivity index (χ0n) is 9.49. The van der Waals surface area contributed by atoms with E-state index in [2.05, 4.69) is 24.0 Å². The van der Waals surface area contributed by atoms with Crippen molar-refractivity contribution in [3.63, 3.8) is 0 Å². The highest BCUT2D eigenvalue weighted by Crippen LogP contribution is 2.23. The molecule has 1 aromatic carbocycles. The Morgan fingerprint density at radius 1 is 1.25 bits per heavy atom. The summed E-state index contributed by atoms with van der Waals surface area (Å²) in [6, 6.07) is 6.04. The number of alkyl halides is 1. The molecule has 0 radical (unpaired) electrons. The maximum atomic E-state index is 5.88. The smallest absolute Gasteiger partial charge is 0.257 e. The molecule has 0 bridgehead atoms. The number of hydrogen-bond acceptors (Lipinski definition) is 3. The van der Waals surface area contributed by atoms with Gasteiger partial charge < -0.3 is 4.52 Å². The van der Waals surface area contributed by atoms with Gasteiger partial charge in [-0.05, 0) is 44.0 Å². The average molecular weight is 237 g/mol. The van der Waals surface area contributed by atoms with Crippen LogP contribution in [0, 0.1) is 13.8 Å². The van der Waals surface area contributed by atoms with E-state index in [1.165, 1.54) is 11.1 Å². The molecule has 16 heavy (non-hydrogen) atoms. The molecule has 0 amide bonds. The molecule has 0 saturated heterocycles. The summed E-state index contributed by atoms with van der Waals surface area (Å²) in [5, 5.41) is 3.59. The van der Waals surface area contributed by atoms with Gasteiger partial charge in [-0.15, -0.1) is 11.6 Å². The Labute approximate surface area is 99.4 Å². The first-order valence-corrected chi connectivity index (χ1v) is 5.57. The molecule has 4 heteroatoms. The SMILES string of the molecule is Cc1ccc(-c2nc(C(C)Cl)no2)cc1C. The molecule has 2 aromatic rings. The van der Waals surface area contributed by atoms with Gasteiger partial charge in [0.15, 0.2) is 5.82 Å². The van der Waals surface area contributed by atoms with Crippen LogP contribution in [0.3, 0.4) is 0 Å². The lowest BCUT2D eigenvalue weighted by atomic mass is 10.1. The van der Waals surface area contributed by atoms with E-state index in [0.29, 0.717) is 11.7 Å². The molecule has 0 saturated carbocycles.